The van der Waals surface area contributed by atoms with Gasteiger partial charge in [-0.3, -0.25) is 0 Å². The zero-order valence-corrected chi connectivity index (χ0v) is 8.96. The van der Waals surface area contributed by atoms with E-state index >= 15 is 0 Å². The summed E-state index contributed by atoms with van der Waals surface area (Å²) in [7, 11) is 1.99. The fraction of sp³-hybridized carbons (Fsp3) is 0.750. The van der Waals surface area contributed by atoms with Crippen LogP contribution in [0.2, 0.25) is 0 Å². The van der Waals surface area contributed by atoms with Gasteiger partial charge in [-0.25, -0.2) is 0 Å². The van der Waals surface area contributed by atoms with Crippen molar-refractivity contribution in [1.29, 1.82) is 0 Å². The molecule has 0 bridgehead atoms. The molecule has 1 fully saturated rings. The number of nitrogens with two attached hydrogens (primary N) is 1. The standard InChI is InChI=1S/C8H14N4OS/c1-12(5-6-3-2-4-13-6)8-10-7(9)11-14-8/h6H,2-5H2,1H3,(H2,9,11). The van der Waals surface area contributed by atoms with E-state index in [-0.39, 0.29) is 0 Å². The van der Waals surface area contributed by atoms with Gasteiger partial charge in [-0.2, -0.15) is 9.36 Å². The lowest BCUT2D eigenvalue weighted by molar-refractivity contribution is 0.116. The quantitative estimate of drug-likeness (QED) is 0.803. The fourth-order valence-corrected chi connectivity index (χ4v) is 2.12. The Kier molecular flexibility index (Phi) is 2.83. The van der Waals surface area contributed by atoms with E-state index in [0.29, 0.717) is 12.1 Å². The molecule has 2 heterocycles. The van der Waals surface area contributed by atoms with Crippen molar-refractivity contribution >= 4 is 22.6 Å². The lowest BCUT2D eigenvalue weighted by Crippen LogP contribution is -2.28. The van der Waals surface area contributed by atoms with Gasteiger partial charge in [0.1, 0.15) is 0 Å². The number of hydrogen-bond acceptors (Lipinski definition) is 6. The van der Waals surface area contributed by atoms with Crippen molar-refractivity contribution in [2.24, 2.45) is 0 Å². The van der Waals surface area contributed by atoms with E-state index in [0.717, 1.165) is 31.1 Å². The summed E-state index contributed by atoms with van der Waals surface area (Å²) < 4.78 is 9.47. The second kappa shape index (κ2) is 4.10. The first-order valence-electron chi connectivity index (χ1n) is 4.67. The molecule has 1 aliphatic heterocycles. The number of nitrogens with zero attached hydrogens (tertiary/aromatic N) is 3. The van der Waals surface area contributed by atoms with Crippen LogP contribution < -0.4 is 10.6 Å². The SMILES string of the molecule is CN(CC1CCCO1)c1nc(N)ns1. The first-order valence-corrected chi connectivity index (χ1v) is 5.45. The normalized spacial score (nSPS) is 21.4. The molecule has 0 radical (unpaired) electrons. The van der Waals surface area contributed by atoms with Gasteiger partial charge in [-0.1, -0.05) is 0 Å². The van der Waals surface area contributed by atoms with Gasteiger partial charge in [0, 0.05) is 31.7 Å². The van der Waals surface area contributed by atoms with Gasteiger partial charge in [0.2, 0.25) is 11.1 Å². The van der Waals surface area contributed by atoms with Crippen LogP contribution in [0, 0.1) is 0 Å². The molecular formula is C8H14N4OS. The molecule has 0 aromatic carbocycles. The highest BCUT2D eigenvalue weighted by Gasteiger charge is 2.18. The van der Waals surface area contributed by atoms with Gasteiger partial charge < -0.3 is 15.4 Å². The highest BCUT2D eigenvalue weighted by Crippen LogP contribution is 2.19. The maximum absolute atomic E-state index is 5.54. The molecule has 78 valence electrons. The minimum atomic E-state index is 0.338. The summed E-state index contributed by atoms with van der Waals surface area (Å²) in [5.74, 6) is 0.351. The summed E-state index contributed by atoms with van der Waals surface area (Å²) in [4.78, 5) is 6.15. The molecule has 0 aliphatic carbocycles. The number of rotatable bonds is 3. The van der Waals surface area contributed by atoms with Crippen molar-refractivity contribution in [3.63, 3.8) is 0 Å². The van der Waals surface area contributed by atoms with Crippen LogP contribution in [0.25, 0.3) is 0 Å². The first kappa shape index (κ1) is 9.67. The Morgan fingerprint density at radius 2 is 2.57 bits per heavy atom. The van der Waals surface area contributed by atoms with E-state index in [9.17, 15) is 0 Å². The van der Waals surface area contributed by atoms with Gasteiger partial charge in [0.05, 0.1) is 6.10 Å². The summed E-state index contributed by atoms with van der Waals surface area (Å²) in [6.45, 7) is 1.76. The van der Waals surface area contributed by atoms with E-state index in [1.54, 1.807) is 0 Å². The summed E-state index contributed by atoms with van der Waals surface area (Å²) in [5, 5.41) is 0.859. The van der Waals surface area contributed by atoms with Crippen molar-refractivity contribution in [3.8, 4) is 0 Å². The lowest BCUT2D eigenvalue weighted by Gasteiger charge is -2.18. The predicted molar refractivity (Wildman–Crippen MR) is 56.6 cm³/mol. The van der Waals surface area contributed by atoms with E-state index in [4.69, 9.17) is 10.5 Å². The van der Waals surface area contributed by atoms with Crippen molar-refractivity contribution in [2.75, 3.05) is 30.8 Å². The second-order valence-corrected chi connectivity index (χ2v) is 4.18. The zero-order chi connectivity index (χ0) is 9.97. The fourth-order valence-electron chi connectivity index (χ4n) is 1.55. The molecule has 2 rings (SSSR count). The van der Waals surface area contributed by atoms with E-state index in [2.05, 4.69) is 9.36 Å². The monoisotopic (exact) mass is 214 g/mol. The average molecular weight is 214 g/mol. The molecule has 0 amide bonds. The first-order chi connectivity index (χ1) is 6.75. The summed E-state index contributed by atoms with van der Waals surface area (Å²) in [5.41, 5.74) is 5.45. The maximum Gasteiger partial charge on any atom is 0.233 e. The Bertz CT molecular complexity index is 297. The zero-order valence-electron chi connectivity index (χ0n) is 8.14. The Hall–Kier alpha value is -0.880. The van der Waals surface area contributed by atoms with Crippen LogP contribution in [0.4, 0.5) is 11.1 Å². The number of anilines is 2. The van der Waals surface area contributed by atoms with Gasteiger partial charge in [-0.15, -0.1) is 0 Å². The number of ether oxygens (including phenoxy) is 1. The molecule has 1 aliphatic rings. The Labute approximate surface area is 87.0 Å². The molecule has 6 heteroatoms. The van der Waals surface area contributed by atoms with Crippen LogP contribution in [-0.4, -0.2) is 35.7 Å². The molecular weight excluding hydrogens is 200 g/mol. The summed E-state index contributed by atoms with van der Waals surface area (Å²) >= 11 is 1.33. The molecule has 0 saturated carbocycles. The highest BCUT2D eigenvalue weighted by molar-refractivity contribution is 7.09. The van der Waals surface area contributed by atoms with E-state index in [1.165, 1.54) is 11.5 Å². The molecule has 0 spiro atoms. The smallest absolute Gasteiger partial charge is 0.233 e. The molecule has 1 saturated heterocycles. The van der Waals surface area contributed by atoms with Gasteiger partial charge in [0.25, 0.3) is 0 Å². The van der Waals surface area contributed by atoms with Gasteiger partial charge in [0.15, 0.2) is 0 Å². The molecule has 5 nitrogen and oxygen atoms in total. The third-order valence-electron chi connectivity index (χ3n) is 2.26. The Morgan fingerprint density at radius 3 is 3.14 bits per heavy atom. The maximum atomic E-state index is 5.54. The van der Waals surface area contributed by atoms with Crippen LogP contribution in [0.1, 0.15) is 12.8 Å². The van der Waals surface area contributed by atoms with Crippen molar-refractivity contribution in [2.45, 2.75) is 18.9 Å². The van der Waals surface area contributed by atoms with Crippen molar-refractivity contribution < 1.29 is 4.74 Å². The second-order valence-electron chi connectivity index (χ2n) is 3.45. The number of nitrogen functional groups attached to an aromatic ring is 1. The van der Waals surface area contributed by atoms with Crippen LogP contribution in [-0.2, 0) is 4.74 Å². The van der Waals surface area contributed by atoms with Crippen molar-refractivity contribution in [1.82, 2.24) is 9.36 Å². The largest absolute Gasteiger partial charge is 0.376 e. The molecule has 1 aromatic rings. The molecule has 1 atom stereocenters. The molecule has 1 unspecified atom stereocenters. The van der Waals surface area contributed by atoms with E-state index in [1.807, 2.05) is 11.9 Å². The minimum Gasteiger partial charge on any atom is -0.376 e. The predicted octanol–water partition coefficient (Wildman–Crippen LogP) is 0.735. The Morgan fingerprint density at radius 1 is 1.71 bits per heavy atom. The molecule has 2 N–H and O–H groups in total. The third-order valence-corrected chi connectivity index (χ3v) is 3.10. The van der Waals surface area contributed by atoms with Gasteiger partial charge in [-0.05, 0) is 12.8 Å². The average Bonchev–Trinajstić information content (AvgIpc) is 2.75. The number of hydrogen-bond donors (Lipinski definition) is 1. The number of aromatic nitrogens is 2. The summed E-state index contributed by atoms with van der Waals surface area (Å²) in [6.07, 6.45) is 2.64. The van der Waals surface area contributed by atoms with Crippen LogP contribution in [0.3, 0.4) is 0 Å². The van der Waals surface area contributed by atoms with E-state index < -0.39 is 0 Å². The Balaban J connectivity index is 1.91. The lowest BCUT2D eigenvalue weighted by atomic mass is 10.2. The van der Waals surface area contributed by atoms with Crippen LogP contribution >= 0.6 is 11.5 Å². The van der Waals surface area contributed by atoms with Crippen LogP contribution in [0.15, 0.2) is 0 Å². The highest BCUT2D eigenvalue weighted by atomic mass is 32.1. The molecule has 1 aromatic heterocycles. The molecule has 14 heavy (non-hydrogen) atoms. The van der Waals surface area contributed by atoms with Gasteiger partial charge >= 0.3 is 0 Å². The van der Waals surface area contributed by atoms with Crippen LogP contribution in [0.5, 0.6) is 0 Å². The number of likely N-dealkylation sites (N-methyl/N-ethyl adjacent to an activating group) is 1. The third kappa shape index (κ3) is 2.13. The topological polar surface area (TPSA) is 64.3 Å². The van der Waals surface area contributed by atoms with Crippen molar-refractivity contribution in [3.05, 3.63) is 0 Å². The minimum absolute atomic E-state index is 0.338. The summed E-state index contributed by atoms with van der Waals surface area (Å²) in [6, 6.07) is 0.